The first kappa shape index (κ1) is 18.8. The summed E-state index contributed by atoms with van der Waals surface area (Å²) >= 11 is 1.46. The van der Waals surface area contributed by atoms with Gasteiger partial charge in [-0.3, -0.25) is 4.79 Å². The maximum Gasteiger partial charge on any atom is 0.180 e. The van der Waals surface area contributed by atoms with Gasteiger partial charge in [-0.1, -0.05) is 24.3 Å². The molecule has 0 bridgehead atoms. The number of carbonyl (C=O) groups excluding carboxylic acids is 1. The zero-order chi connectivity index (χ0) is 20.1. The Labute approximate surface area is 172 Å². The summed E-state index contributed by atoms with van der Waals surface area (Å²) in [6, 6.07) is 23.0. The Kier molecular flexibility index (Phi) is 5.58. The molecule has 0 radical (unpaired) electrons. The van der Waals surface area contributed by atoms with E-state index < -0.39 is 0 Å². The van der Waals surface area contributed by atoms with Gasteiger partial charge >= 0.3 is 0 Å². The molecule has 0 fully saturated rings. The minimum Gasteiger partial charge on any atom is -0.388 e. The van der Waals surface area contributed by atoms with Crippen LogP contribution in [0.4, 0.5) is 23.0 Å². The Morgan fingerprint density at radius 2 is 1.55 bits per heavy atom. The normalized spacial score (nSPS) is 10.5. The van der Waals surface area contributed by atoms with Crippen molar-refractivity contribution in [2.75, 3.05) is 22.4 Å². The first-order chi connectivity index (χ1) is 14.2. The third-order valence-electron chi connectivity index (χ3n) is 4.26. The minimum absolute atomic E-state index is 0.589. The summed E-state index contributed by atoms with van der Waals surface area (Å²) in [7, 11) is 1.89. The van der Waals surface area contributed by atoms with Crippen LogP contribution in [-0.4, -0.2) is 23.3 Å². The standard InChI is InChI=1S/C22H19N5OS/c1-23-16-9-11-18(12-10-16)29-27-22-21(24-17-6-4-5-15(13-17)14-28)25-19-7-2-3-8-20(19)26-22/h2-14,23H,1H3,(H,24,25)(H,26,27). The Bertz CT molecular complexity index is 1150. The number of benzene rings is 3. The number of aromatic nitrogens is 2. The quantitative estimate of drug-likeness (QED) is 0.285. The summed E-state index contributed by atoms with van der Waals surface area (Å²) in [6.45, 7) is 0. The highest BCUT2D eigenvalue weighted by Crippen LogP contribution is 2.29. The lowest BCUT2D eigenvalue weighted by atomic mass is 10.2. The van der Waals surface area contributed by atoms with Gasteiger partial charge in [-0.15, -0.1) is 0 Å². The number of anilines is 4. The molecule has 0 unspecified atom stereocenters. The lowest BCUT2D eigenvalue weighted by molar-refractivity contribution is 0.112. The molecule has 0 aliphatic carbocycles. The second kappa shape index (κ2) is 8.62. The highest BCUT2D eigenvalue weighted by Gasteiger charge is 2.10. The summed E-state index contributed by atoms with van der Waals surface area (Å²) in [5, 5.41) is 6.38. The number of carbonyl (C=O) groups is 1. The van der Waals surface area contributed by atoms with E-state index in [1.165, 1.54) is 11.9 Å². The van der Waals surface area contributed by atoms with Crippen molar-refractivity contribution in [3.8, 4) is 0 Å². The van der Waals surface area contributed by atoms with Gasteiger partial charge in [0.15, 0.2) is 11.6 Å². The lowest BCUT2D eigenvalue weighted by Crippen LogP contribution is -2.02. The second-order valence-electron chi connectivity index (χ2n) is 6.26. The number of aldehydes is 1. The van der Waals surface area contributed by atoms with Crippen molar-refractivity contribution >= 4 is 52.3 Å². The average molecular weight is 401 g/mol. The van der Waals surface area contributed by atoms with Gasteiger partial charge in [-0.2, -0.15) is 0 Å². The van der Waals surface area contributed by atoms with Gasteiger partial charge in [0.25, 0.3) is 0 Å². The van der Waals surface area contributed by atoms with Crippen LogP contribution in [0.2, 0.25) is 0 Å². The molecule has 3 aromatic carbocycles. The second-order valence-corrected chi connectivity index (χ2v) is 7.14. The van der Waals surface area contributed by atoms with E-state index in [4.69, 9.17) is 9.97 Å². The predicted molar refractivity (Wildman–Crippen MR) is 120 cm³/mol. The predicted octanol–water partition coefficient (Wildman–Crippen LogP) is 5.35. The fourth-order valence-corrected chi connectivity index (χ4v) is 3.41. The van der Waals surface area contributed by atoms with E-state index in [9.17, 15) is 4.79 Å². The largest absolute Gasteiger partial charge is 0.388 e. The molecule has 6 nitrogen and oxygen atoms in total. The van der Waals surface area contributed by atoms with Crippen LogP contribution in [0.3, 0.4) is 0 Å². The maximum absolute atomic E-state index is 11.1. The van der Waals surface area contributed by atoms with Crippen molar-refractivity contribution in [2.45, 2.75) is 4.90 Å². The van der Waals surface area contributed by atoms with Gasteiger partial charge in [0.05, 0.1) is 11.0 Å². The van der Waals surface area contributed by atoms with Crippen LogP contribution < -0.4 is 15.4 Å². The molecule has 0 aliphatic rings. The molecule has 7 heteroatoms. The summed E-state index contributed by atoms with van der Waals surface area (Å²) < 4.78 is 3.30. The number of hydrogen-bond acceptors (Lipinski definition) is 7. The van der Waals surface area contributed by atoms with Crippen LogP contribution in [0.25, 0.3) is 11.0 Å². The maximum atomic E-state index is 11.1. The van der Waals surface area contributed by atoms with Crippen LogP contribution in [0, 0.1) is 0 Å². The van der Waals surface area contributed by atoms with E-state index in [1.54, 1.807) is 12.1 Å². The monoisotopic (exact) mass is 401 g/mol. The van der Waals surface area contributed by atoms with E-state index in [0.29, 0.717) is 17.2 Å². The Morgan fingerprint density at radius 1 is 0.828 bits per heavy atom. The van der Waals surface area contributed by atoms with E-state index in [-0.39, 0.29) is 0 Å². The molecule has 29 heavy (non-hydrogen) atoms. The first-order valence-corrected chi connectivity index (χ1v) is 9.86. The molecule has 0 saturated carbocycles. The number of fused-ring (bicyclic) bond motifs is 1. The molecule has 0 aliphatic heterocycles. The molecule has 144 valence electrons. The van der Waals surface area contributed by atoms with Crippen molar-refractivity contribution < 1.29 is 4.79 Å². The molecule has 1 aromatic heterocycles. The lowest BCUT2D eigenvalue weighted by Gasteiger charge is -2.13. The molecule has 3 N–H and O–H groups in total. The van der Waals surface area contributed by atoms with Crippen molar-refractivity contribution in [3.63, 3.8) is 0 Å². The number of nitrogens with zero attached hydrogens (tertiary/aromatic N) is 2. The topological polar surface area (TPSA) is 78.9 Å². The highest BCUT2D eigenvalue weighted by atomic mass is 32.2. The van der Waals surface area contributed by atoms with E-state index in [0.717, 1.165) is 33.6 Å². The fraction of sp³-hybridized carbons (Fsp3) is 0.0455. The smallest absolute Gasteiger partial charge is 0.180 e. The molecule has 0 saturated heterocycles. The SMILES string of the molecule is CNc1ccc(SNc2nc3ccccc3nc2Nc2cccc(C=O)c2)cc1. The number of para-hydroxylation sites is 2. The van der Waals surface area contributed by atoms with Crippen LogP contribution >= 0.6 is 11.9 Å². The Morgan fingerprint density at radius 3 is 2.24 bits per heavy atom. The van der Waals surface area contributed by atoms with Crippen LogP contribution in [0.15, 0.2) is 77.7 Å². The van der Waals surface area contributed by atoms with Gasteiger partial charge in [0, 0.05) is 28.9 Å². The van der Waals surface area contributed by atoms with E-state index in [1.807, 2.05) is 67.7 Å². The van der Waals surface area contributed by atoms with Crippen LogP contribution in [-0.2, 0) is 0 Å². The zero-order valence-corrected chi connectivity index (χ0v) is 16.5. The van der Waals surface area contributed by atoms with Crippen molar-refractivity contribution in [3.05, 3.63) is 78.4 Å². The molecule has 0 spiro atoms. The summed E-state index contributed by atoms with van der Waals surface area (Å²) in [5.74, 6) is 1.20. The Hall–Kier alpha value is -3.58. The zero-order valence-electron chi connectivity index (χ0n) is 15.7. The van der Waals surface area contributed by atoms with Crippen molar-refractivity contribution in [2.24, 2.45) is 0 Å². The average Bonchev–Trinajstić information content (AvgIpc) is 2.78. The number of nitrogens with one attached hydrogen (secondary N) is 3. The third kappa shape index (κ3) is 4.47. The van der Waals surface area contributed by atoms with Crippen LogP contribution in [0.5, 0.6) is 0 Å². The third-order valence-corrected chi connectivity index (χ3v) is 5.07. The van der Waals surface area contributed by atoms with Crippen LogP contribution in [0.1, 0.15) is 10.4 Å². The van der Waals surface area contributed by atoms with Gasteiger partial charge in [0.1, 0.15) is 6.29 Å². The van der Waals surface area contributed by atoms with E-state index >= 15 is 0 Å². The number of rotatable bonds is 7. The summed E-state index contributed by atoms with van der Waals surface area (Å²) in [4.78, 5) is 21.6. The van der Waals surface area contributed by atoms with Gasteiger partial charge < -0.3 is 15.4 Å². The molecule has 0 atom stereocenters. The molecule has 4 rings (SSSR count). The number of hydrogen-bond donors (Lipinski definition) is 3. The highest BCUT2D eigenvalue weighted by molar-refractivity contribution is 8.00. The Balaban J connectivity index is 1.64. The van der Waals surface area contributed by atoms with Gasteiger partial charge in [0.2, 0.25) is 0 Å². The molecule has 4 aromatic rings. The minimum atomic E-state index is 0.589. The van der Waals surface area contributed by atoms with Gasteiger partial charge in [-0.05, 0) is 60.5 Å². The summed E-state index contributed by atoms with van der Waals surface area (Å²) in [6.07, 6.45) is 0.821. The molecular weight excluding hydrogens is 382 g/mol. The van der Waals surface area contributed by atoms with Crippen molar-refractivity contribution in [1.82, 2.24) is 9.97 Å². The molecular formula is C22H19N5OS. The van der Waals surface area contributed by atoms with Crippen molar-refractivity contribution in [1.29, 1.82) is 0 Å². The molecule has 1 heterocycles. The molecule has 0 amide bonds. The first-order valence-electron chi connectivity index (χ1n) is 9.05. The van der Waals surface area contributed by atoms with Gasteiger partial charge in [-0.25, -0.2) is 9.97 Å². The summed E-state index contributed by atoms with van der Waals surface area (Å²) in [5.41, 5.74) is 4.00. The fourth-order valence-electron chi connectivity index (χ4n) is 2.78. The van der Waals surface area contributed by atoms with E-state index in [2.05, 4.69) is 15.4 Å².